The highest BCUT2D eigenvalue weighted by molar-refractivity contribution is 8.00. The Morgan fingerprint density at radius 2 is 1.59 bits per heavy atom. The fourth-order valence-electron chi connectivity index (χ4n) is 2.17. The summed E-state index contributed by atoms with van der Waals surface area (Å²) in [6.45, 7) is 2.01. The minimum absolute atomic E-state index is 0.0251. The Kier molecular flexibility index (Phi) is 8.62. The Hall–Kier alpha value is -2.43. The van der Waals surface area contributed by atoms with Crippen molar-refractivity contribution in [3.63, 3.8) is 0 Å². The Labute approximate surface area is 173 Å². The molecule has 3 N–H and O–H groups in total. The summed E-state index contributed by atoms with van der Waals surface area (Å²) >= 11 is 1.35. The molecule has 2 amide bonds. The second-order valence-electron chi connectivity index (χ2n) is 6.15. The number of nitrogens with one attached hydrogen (secondary N) is 3. The standard InChI is InChI=1S/C19H22FN3O4S2/c1-14-4-8-16(9-5-14)28-13-19(25)23-22-18(24)3-2-12-21-29(26,27)17-10-6-15(20)7-11-17/h4-11,21H,2-3,12-13H2,1H3,(H,22,24)(H,23,25). The minimum Gasteiger partial charge on any atom is -0.273 e. The van der Waals surface area contributed by atoms with E-state index in [1.54, 1.807) is 0 Å². The molecule has 0 saturated heterocycles. The van der Waals surface area contributed by atoms with E-state index >= 15 is 0 Å². The summed E-state index contributed by atoms with van der Waals surface area (Å²) in [5.74, 6) is -1.15. The SMILES string of the molecule is Cc1ccc(SCC(=O)NNC(=O)CCCNS(=O)(=O)c2ccc(F)cc2)cc1. The number of hydrazine groups is 1. The summed E-state index contributed by atoms with van der Waals surface area (Å²) in [6, 6.07) is 12.2. The molecule has 0 unspecified atom stereocenters. The first-order valence-corrected chi connectivity index (χ1v) is 11.3. The normalized spacial score (nSPS) is 11.1. The van der Waals surface area contributed by atoms with Crippen LogP contribution in [0.2, 0.25) is 0 Å². The summed E-state index contributed by atoms with van der Waals surface area (Å²) in [4.78, 5) is 24.4. The number of hydrogen-bond acceptors (Lipinski definition) is 5. The predicted molar refractivity (Wildman–Crippen MR) is 109 cm³/mol. The highest BCUT2D eigenvalue weighted by Crippen LogP contribution is 2.17. The molecular weight excluding hydrogens is 417 g/mol. The molecule has 0 aromatic heterocycles. The molecule has 0 bridgehead atoms. The van der Waals surface area contributed by atoms with Gasteiger partial charge < -0.3 is 0 Å². The monoisotopic (exact) mass is 439 g/mol. The van der Waals surface area contributed by atoms with Gasteiger partial charge >= 0.3 is 0 Å². The van der Waals surface area contributed by atoms with Crippen LogP contribution in [0.1, 0.15) is 18.4 Å². The zero-order chi connectivity index (χ0) is 21.3. The van der Waals surface area contributed by atoms with Gasteiger partial charge in [-0.1, -0.05) is 17.7 Å². The van der Waals surface area contributed by atoms with Gasteiger partial charge in [-0.25, -0.2) is 17.5 Å². The van der Waals surface area contributed by atoms with E-state index in [1.807, 2.05) is 31.2 Å². The second kappa shape index (κ2) is 10.9. The van der Waals surface area contributed by atoms with Crippen LogP contribution in [0.25, 0.3) is 0 Å². The van der Waals surface area contributed by atoms with Gasteiger partial charge in [0.15, 0.2) is 0 Å². The third kappa shape index (κ3) is 8.22. The topological polar surface area (TPSA) is 104 Å². The van der Waals surface area contributed by atoms with Crippen molar-refractivity contribution in [2.45, 2.75) is 29.6 Å². The lowest BCUT2D eigenvalue weighted by Gasteiger charge is -2.08. The zero-order valence-electron chi connectivity index (χ0n) is 15.8. The molecule has 2 aromatic carbocycles. The maximum absolute atomic E-state index is 12.9. The van der Waals surface area contributed by atoms with Crippen molar-refractivity contribution in [1.29, 1.82) is 0 Å². The highest BCUT2D eigenvalue weighted by Gasteiger charge is 2.13. The van der Waals surface area contributed by atoms with Gasteiger partial charge in [-0.15, -0.1) is 11.8 Å². The number of aryl methyl sites for hydroxylation is 1. The van der Waals surface area contributed by atoms with Gasteiger partial charge in [-0.05, 0) is 49.7 Å². The third-order valence-corrected chi connectivity index (χ3v) is 6.22. The molecule has 156 valence electrons. The number of carbonyl (C=O) groups excluding carboxylic acids is 2. The van der Waals surface area contributed by atoms with Gasteiger partial charge in [-0.3, -0.25) is 20.4 Å². The summed E-state index contributed by atoms with van der Waals surface area (Å²) in [5.41, 5.74) is 5.74. The molecule has 0 radical (unpaired) electrons. The lowest BCUT2D eigenvalue weighted by Crippen LogP contribution is -2.42. The molecule has 0 saturated carbocycles. The molecule has 0 aliphatic rings. The van der Waals surface area contributed by atoms with Gasteiger partial charge in [0.05, 0.1) is 10.6 Å². The number of sulfonamides is 1. The third-order valence-electron chi connectivity index (χ3n) is 3.73. The lowest BCUT2D eigenvalue weighted by atomic mass is 10.2. The molecule has 0 heterocycles. The number of thioether (sulfide) groups is 1. The predicted octanol–water partition coefficient (Wildman–Crippen LogP) is 2.13. The smallest absolute Gasteiger partial charge is 0.248 e. The fraction of sp³-hybridized carbons (Fsp3) is 0.263. The van der Waals surface area contributed by atoms with E-state index in [4.69, 9.17) is 0 Å². The van der Waals surface area contributed by atoms with Crippen LogP contribution in [-0.4, -0.2) is 32.5 Å². The van der Waals surface area contributed by atoms with Crippen LogP contribution in [0.5, 0.6) is 0 Å². The Morgan fingerprint density at radius 1 is 0.966 bits per heavy atom. The van der Waals surface area contributed by atoms with Gasteiger partial charge in [0.25, 0.3) is 0 Å². The molecule has 0 spiro atoms. The first-order chi connectivity index (χ1) is 13.8. The molecule has 0 aliphatic carbocycles. The number of rotatable bonds is 9. The van der Waals surface area contributed by atoms with Crippen LogP contribution in [0, 0.1) is 12.7 Å². The number of halogens is 1. The van der Waals surface area contributed by atoms with Crippen molar-refractivity contribution < 1.29 is 22.4 Å². The number of hydrogen-bond donors (Lipinski definition) is 3. The van der Waals surface area contributed by atoms with Crippen LogP contribution in [0.4, 0.5) is 4.39 Å². The van der Waals surface area contributed by atoms with E-state index in [1.165, 1.54) is 11.8 Å². The summed E-state index contributed by atoms with van der Waals surface area (Å²) < 4.78 is 39.2. The summed E-state index contributed by atoms with van der Waals surface area (Å²) in [6.07, 6.45) is 0.261. The number of amides is 2. The van der Waals surface area contributed by atoms with Gasteiger partial charge in [-0.2, -0.15) is 0 Å². The van der Waals surface area contributed by atoms with Crippen molar-refractivity contribution >= 4 is 33.6 Å². The Balaban J connectivity index is 1.62. The first-order valence-electron chi connectivity index (χ1n) is 8.79. The molecule has 2 rings (SSSR count). The van der Waals surface area contributed by atoms with E-state index in [9.17, 15) is 22.4 Å². The quantitative estimate of drug-likeness (QED) is 0.315. The van der Waals surface area contributed by atoms with Gasteiger partial charge in [0.1, 0.15) is 5.82 Å². The molecule has 10 heteroatoms. The largest absolute Gasteiger partial charge is 0.273 e. The minimum atomic E-state index is -3.76. The van der Waals surface area contributed by atoms with Crippen LogP contribution in [-0.2, 0) is 19.6 Å². The van der Waals surface area contributed by atoms with Crippen LogP contribution >= 0.6 is 11.8 Å². The van der Waals surface area contributed by atoms with E-state index in [0.29, 0.717) is 0 Å². The van der Waals surface area contributed by atoms with Gasteiger partial charge in [0, 0.05) is 17.9 Å². The Bertz CT molecular complexity index is 933. The van der Waals surface area contributed by atoms with Crippen molar-refractivity contribution in [3.8, 4) is 0 Å². The van der Waals surface area contributed by atoms with E-state index in [0.717, 1.165) is 34.7 Å². The Morgan fingerprint density at radius 3 is 2.24 bits per heavy atom. The highest BCUT2D eigenvalue weighted by atomic mass is 32.2. The van der Waals surface area contributed by atoms with Crippen molar-refractivity contribution in [1.82, 2.24) is 15.6 Å². The molecule has 2 aromatic rings. The number of carbonyl (C=O) groups is 2. The summed E-state index contributed by atoms with van der Waals surface area (Å²) in [7, 11) is -3.76. The van der Waals surface area contributed by atoms with E-state index in [-0.39, 0.29) is 35.9 Å². The van der Waals surface area contributed by atoms with E-state index in [2.05, 4.69) is 15.6 Å². The lowest BCUT2D eigenvalue weighted by molar-refractivity contribution is -0.127. The summed E-state index contributed by atoms with van der Waals surface area (Å²) in [5, 5.41) is 0. The van der Waals surface area contributed by atoms with Crippen molar-refractivity contribution in [3.05, 3.63) is 59.9 Å². The van der Waals surface area contributed by atoms with Gasteiger partial charge in [0.2, 0.25) is 21.8 Å². The van der Waals surface area contributed by atoms with Crippen LogP contribution < -0.4 is 15.6 Å². The van der Waals surface area contributed by atoms with Crippen LogP contribution in [0.3, 0.4) is 0 Å². The molecule has 0 aliphatic heterocycles. The molecule has 0 atom stereocenters. The maximum atomic E-state index is 12.9. The van der Waals surface area contributed by atoms with E-state index < -0.39 is 21.7 Å². The fourth-order valence-corrected chi connectivity index (χ4v) is 3.95. The maximum Gasteiger partial charge on any atom is 0.248 e. The average Bonchev–Trinajstić information content (AvgIpc) is 2.69. The molecule has 7 nitrogen and oxygen atoms in total. The first kappa shape index (κ1) is 22.9. The molecule has 0 fully saturated rings. The average molecular weight is 440 g/mol. The number of benzene rings is 2. The van der Waals surface area contributed by atoms with Crippen molar-refractivity contribution in [2.75, 3.05) is 12.3 Å². The van der Waals surface area contributed by atoms with Crippen LogP contribution in [0.15, 0.2) is 58.3 Å². The van der Waals surface area contributed by atoms with Crippen molar-refractivity contribution in [2.24, 2.45) is 0 Å². The zero-order valence-corrected chi connectivity index (χ0v) is 17.4. The molecule has 29 heavy (non-hydrogen) atoms. The molecular formula is C19H22FN3O4S2. The second-order valence-corrected chi connectivity index (χ2v) is 8.97.